The molecule has 0 radical (unpaired) electrons. The number of hydrogen-bond donors (Lipinski definition) is 0. The van der Waals surface area contributed by atoms with E-state index in [1.807, 2.05) is 42.5 Å². The van der Waals surface area contributed by atoms with Crippen LogP contribution in [0.4, 0.5) is 0 Å². The van der Waals surface area contributed by atoms with Crippen molar-refractivity contribution in [3.63, 3.8) is 0 Å². The second kappa shape index (κ2) is 3.31. The molecule has 0 fully saturated rings. The zero-order valence-corrected chi connectivity index (χ0v) is 10.6. The predicted octanol–water partition coefficient (Wildman–Crippen LogP) is 3.24. The molecule has 0 bridgehead atoms. The van der Waals surface area contributed by atoms with Gasteiger partial charge in [-0.2, -0.15) is 0 Å². The third-order valence-electron chi connectivity index (χ3n) is 4.09. The van der Waals surface area contributed by atoms with Crippen LogP contribution in [0.2, 0.25) is 0 Å². The summed E-state index contributed by atoms with van der Waals surface area (Å²) >= 11 is 0. The predicted molar refractivity (Wildman–Crippen MR) is 77.4 cm³/mol. The molecule has 20 heavy (non-hydrogen) atoms. The van der Waals surface area contributed by atoms with Crippen LogP contribution in [0.3, 0.4) is 0 Å². The lowest BCUT2D eigenvalue weighted by atomic mass is 10.1. The Kier molecular flexibility index (Phi) is 1.31. The molecule has 0 saturated heterocycles. The maximum absolute atomic E-state index is 7.88. The monoisotopic (exact) mass is 264 g/mol. The Bertz CT molecular complexity index is 1090. The first-order valence-electron chi connectivity index (χ1n) is 8.10. The number of para-hydroxylation sites is 1. The maximum atomic E-state index is 7.88. The van der Waals surface area contributed by atoms with Crippen molar-refractivity contribution in [2.45, 2.75) is 6.54 Å². The molecule has 1 aliphatic rings. The fraction of sp³-hybridized carbons (Fsp3) is 0.118. The number of nitrogens with zero attached hydrogens (tertiary/aromatic N) is 2. The molecule has 0 saturated carbocycles. The van der Waals surface area contributed by atoms with Crippen LogP contribution < -0.4 is 4.57 Å². The highest BCUT2D eigenvalue weighted by Crippen LogP contribution is 2.34. The Balaban J connectivity index is 1.96. The highest BCUT2D eigenvalue weighted by Gasteiger charge is 2.36. The van der Waals surface area contributed by atoms with Gasteiger partial charge in [-0.3, -0.25) is 0 Å². The minimum Gasteiger partial charge on any atom is -0.380 e. The summed E-state index contributed by atoms with van der Waals surface area (Å²) in [5.74, 6) is 0.731. The third kappa shape index (κ3) is 1.05. The molecule has 0 N–H and O–H groups in total. The summed E-state index contributed by atoms with van der Waals surface area (Å²) in [6, 6.07) is 15.6. The van der Waals surface area contributed by atoms with Crippen molar-refractivity contribution in [3.8, 4) is 11.5 Å². The number of aromatic nitrogens is 2. The Labute approximate surface area is 119 Å². The van der Waals surface area contributed by atoms with Crippen LogP contribution >= 0.6 is 0 Å². The Hall–Kier alpha value is -2.55. The zero-order chi connectivity index (χ0) is 15.8. The molecule has 0 atom stereocenters. The van der Waals surface area contributed by atoms with E-state index < -0.39 is 6.98 Å². The number of fused-ring (bicyclic) bond motifs is 7. The molecule has 3 heterocycles. The maximum Gasteiger partial charge on any atom is 0.383 e. The van der Waals surface area contributed by atoms with E-state index in [1.165, 1.54) is 10.1 Å². The summed E-state index contributed by atoms with van der Waals surface area (Å²) < 4.78 is 33.1. The van der Waals surface area contributed by atoms with Gasteiger partial charge in [-0.25, -0.2) is 0 Å². The Morgan fingerprint density at radius 2 is 2.00 bits per heavy atom. The van der Waals surface area contributed by atoms with Crippen LogP contribution in [0.25, 0.3) is 33.6 Å². The van der Waals surface area contributed by atoms with Crippen molar-refractivity contribution >= 4 is 22.1 Å². The summed E-state index contributed by atoms with van der Waals surface area (Å²) in [4.78, 5) is 0. The molecular weight excluding hydrogens is 248 g/mol. The van der Waals surface area contributed by atoms with Gasteiger partial charge in [0.15, 0.2) is 6.54 Å². The SMILES string of the molecule is [2H]C([2H])([2H])n1c2ccccc2c2c1oc1[n+]2Cc2ccccc2-1. The molecular formula is C17H13N2O+. The fourth-order valence-corrected chi connectivity index (χ4v) is 3.19. The molecule has 0 aliphatic carbocycles. The van der Waals surface area contributed by atoms with Gasteiger partial charge in [0.05, 0.1) is 16.5 Å². The topological polar surface area (TPSA) is 21.9 Å². The Morgan fingerprint density at radius 3 is 2.95 bits per heavy atom. The summed E-state index contributed by atoms with van der Waals surface area (Å²) in [6.07, 6.45) is 0. The average Bonchev–Trinajstić information content (AvgIpc) is 3.12. The highest BCUT2D eigenvalue weighted by atomic mass is 16.4. The van der Waals surface area contributed by atoms with E-state index in [1.54, 1.807) is 0 Å². The van der Waals surface area contributed by atoms with Gasteiger partial charge >= 0.3 is 5.89 Å². The number of rotatable bonds is 0. The molecule has 2 aromatic heterocycles. The molecule has 96 valence electrons. The second-order valence-electron chi connectivity index (χ2n) is 5.16. The van der Waals surface area contributed by atoms with E-state index in [9.17, 15) is 0 Å². The molecule has 1 aliphatic heterocycles. The minimum atomic E-state index is -2.28. The van der Waals surface area contributed by atoms with Crippen molar-refractivity contribution < 1.29 is 13.1 Å². The van der Waals surface area contributed by atoms with Crippen LogP contribution in [0.1, 0.15) is 9.68 Å². The lowest BCUT2D eigenvalue weighted by Gasteiger charge is -1.93. The summed E-state index contributed by atoms with van der Waals surface area (Å²) in [5, 5.41) is 0.904. The van der Waals surface area contributed by atoms with Crippen LogP contribution in [0, 0.1) is 0 Å². The van der Waals surface area contributed by atoms with E-state index in [2.05, 4.69) is 10.6 Å². The molecule has 2 aromatic carbocycles. The van der Waals surface area contributed by atoms with E-state index in [4.69, 9.17) is 8.53 Å². The van der Waals surface area contributed by atoms with Crippen LogP contribution in [0.15, 0.2) is 52.9 Å². The third-order valence-corrected chi connectivity index (χ3v) is 4.09. The molecule has 3 nitrogen and oxygen atoms in total. The first-order chi connectivity index (χ1) is 11.1. The van der Waals surface area contributed by atoms with Gasteiger partial charge in [0.2, 0.25) is 0 Å². The zero-order valence-electron chi connectivity index (χ0n) is 13.6. The van der Waals surface area contributed by atoms with Gasteiger partial charge in [0, 0.05) is 16.7 Å². The first-order valence-corrected chi connectivity index (χ1v) is 6.60. The summed E-state index contributed by atoms with van der Waals surface area (Å²) in [7, 11) is 0. The normalized spacial score (nSPS) is 15.9. The van der Waals surface area contributed by atoms with Gasteiger partial charge in [-0.1, -0.05) is 30.3 Å². The van der Waals surface area contributed by atoms with E-state index in [0.717, 1.165) is 22.4 Å². The summed E-state index contributed by atoms with van der Waals surface area (Å²) in [5.41, 5.74) is 4.16. The van der Waals surface area contributed by atoms with Crippen LogP contribution in [-0.2, 0) is 13.5 Å². The second-order valence-corrected chi connectivity index (χ2v) is 5.16. The fourth-order valence-electron chi connectivity index (χ4n) is 3.19. The standard InChI is InChI=1S/C17H13N2O/c1-18-14-9-5-4-8-13(14)15-17(18)20-16-12-7-3-2-6-11(12)10-19(15)16/h2-9H,10H2,1H3/q+1/i1D3. The van der Waals surface area contributed by atoms with Gasteiger partial charge in [-0.05, 0) is 18.2 Å². The van der Waals surface area contributed by atoms with Crippen molar-refractivity contribution in [2.75, 3.05) is 0 Å². The number of hydrogen-bond acceptors (Lipinski definition) is 1. The number of benzene rings is 2. The average molecular weight is 264 g/mol. The molecule has 0 amide bonds. The van der Waals surface area contributed by atoms with E-state index in [-0.39, 0.29) is 0 Å². The van der Waals surface area contributed by atoms with Crippen molar-refractivity contribution in [1.29, 1.82) is 0 Å². The lowest BCUT2D eigenvalue weighted by molar-refractivity contribution is -0.648. The molecule has 3 heteroatoms. The van der Waals surface area contributed by atoms with Crippen molar-refractivity contribution in [1.82, 2.24) is 4.57 Å². The molecule has 0 unspecified atom stereocenters. The number of oxazole rings is 1. The van der Waals surface area contributed by atoms with Crippen molar-refractivity contribution in [2.24, 2.45) is 6.98 Å². The minimum absolute atomic E-state index is 0.413. The number of aryl methyl sites for hydroxylation is 1. The lowest BCUT2D eigenvalue weighted by Crippen LogP contribution is -2.30. The van der Waals surface area contributed by atoms with Crippen molar-refractivity contribution in [3.05, 3.63) is 54.1 Å². The largest absolute Gasteiger partial charge is 0.383 e. The quantitative estimate of drug-likeness (QED) is 0.394. The van der Waals surface area contributed by atoms with Gasteiger partial charge < -0.3 is 8.98 Å². The van der Waals surface area contributed by atoms with E-state index in [0.29, 0.717) is 17.8 Å². The molecule has 5 rings (SSSR count). The summed E-state index contributed by atoms with van der Waals surface area (Å²) in [6.45, 7) is -1.58. The Morgan fingerprint density at radius 1 is 1.15 bits per heavy atom. The van der Waals surface area contributed by atoms with Gasteiger partial charge in [0.25, 0.3) is 11.2 Å². The van der Waals surface area contributed by atoms with Gasteiger partial charge in [0.1, 0.15) is 0 Å². The first kappa shape index (κ1) is 7.90. The van der Waals surface area contributed by atoms with E-state index >= 15 is 0 Å². The molecule has 0 spiro atoms. The van der Waals surface area contributed by atoms with Crippen LogP contribution in [-0.4, -0.2) is 4.57 Å². The molecule has 4 aromatic rings. The highest BCUT2D eigenvalue weighted by molar-refractivity contribution is 6.02. The van der Waals surface area contributed by atoms with Gasteiger partial charge in [-0.15, -0.1) is 4.57 Å². The smallest absolute Gasteiger partial charge is 0.380 e. The van der Waals surface area contributed by atoms with Crippen LogP contribution in [0.5, 0.6) is 0 Å².